The minimum Gasteiger partial charge on any atom is -0.350 e. The summed E-state index contributed by atoms with van der Waals surface area (Å²) in [5.41, 5.74) is 7.46. The summed E-state index contributed by atoms with van der Waals surface area (Å²) >= 11 is 3.94. The highest BCUT2D eigenvalue weighted by Gasteiger charge is 2.18. The number of hydrogen-bond acceptors (Lipinski definition) is 4. The molecule has 112 valence electrons. The Morgan fingerprint density at radius 1 is 1.30 bits per heavy atom. The molecule has 0 aliphatic carbocycles. The monoisotopic (exact) mass is 332 g/mol. The number of nitrogens with two attached hydrogens (primary N) is 1. The lowest BCUT2D eigenvalue weighted by molar-refractivity contribution is 0.0946. The molecule has 0 radical (unpaired) electrons. The van der Waals surface area contributed by atoms with Crippen molar-refractivity contribution in [1.82, 2.24) is 5.32 Å². The Balaban J connectivity index is 0.00000200. The lowest BCUT2D eigenvalue weighted by atomic mass is 10.1. The highest BCUT2D eigenvalue weighted by molar-refractivity contribution is 8.19. The van der Waals surface area contributed by atoms with Crippen molar-refractivity contribution in [1.29, 1.82) is 0 Å². The molecule has 0 aromatic heterocycles. The normalized spacial score (nSPS) is 15.8. The zero-order valence-electron chi connectivity index (χ0n) is 11.7. The van der Waals surface area contributed by atoms with Crippen molar-refractivity contribution in [2.75, 3.05) is 18.1 Å². The minimum atomic E-state index is -0.382. The van der Waals surface area contributed by atoms with Crippen molar-refractivity contribution in [3.8, 4) is 0 Å². The zero-order valence-corrected chi connectivity index (χ0v) is 14.2. The molecule has 6 heteroatoms. The molecule has 0 spiro atoms. The molecule has 0 atom stereocenters. The second kappa shape index (κ2) is 7.59. The van der Waals surface area contributed by atoms with Gasteiger partial charge in [0.25, 0.3) is 5.91 Å². The zero-order chi connectivity index (χ0) is 13.9. The summed E-state index contributed by atoms with van der Waals surface area (Å²) in [4.78, 5) is 11.9. The van der Waals surface area contributed by atoms with Crippen LogP contribution in [0.25, 0.3) is 0 Å². The lowest BCUT2D eigenvalue weighted by Gasteiger charge is -2.19. The van der Waals surface area contributed by atoms with E-state index in [-0.39, 0.29) is 23.9 Å². The van der Waals surface area contributed by atoms with Crippen LogP contribution < -0.4 is 11.1 Å². The topological polar surface area (TPSA) is 55.1 Å². The van der Waals surface area contributed by atoms with E-state index in [9.17, 15) is 4.79 Å². The molecule has 3 nitrogen and oxygen atoms in total. The summed E-state index contributed by atoms with van der Waals surface area (Å²) in [6.45, 7) is 4.26. The molecule has 0 saturated carbocycles. The van der Waals surface area contributed by atoms with E-state index in [1.54, 1.807) is 0 Å². The van der Waals surface area contributed by atoms with Gasteiger partial charge in [-0.25, -0.2) is 0 Å². The van der Waals surface area contributed by atoms with Crippen molar-refractivity contribution in [3.63, 3.8) is 0 Å². The number of carbonyl (C=O) groups is 1. The van der Waals surface area contributed by atoms with Gasteiger partial charge in [-0.3, -0.25) is 4.79 Å². The Morgan fingerprint density at radius 3 is 2.35 bits per heavy atom. The minimum absolute atomic E-state index is 0. The van der Waals surface area contributed by atoms with Crippen LogP contribution >= 0.6 is 35.9 Å². The Kier molecular flexibility index (Phi) is 6.72. The molecule has 1 aromatic rings. The van der Waals surface area contributed by atoms with Gasteiger partial charge in [0.15, 0.2) is 0 Å². The molecule has 1 heterocycles. The second-order valence-electron chi connectivity index (χ2n) is 5.37. The number of amides is 1. The van der Waals surface area contributed by atoms with Crippen LogP contribution in [0.5, 0.6) is 0 Å². The number of carbonyl (C=O) groups excluding carboxylic acids is 1. The van der Waals surface area contributed by atoms with Gasteiger partial charge in [0.05, 0.1) is 4.58 Å². The predicted octanol–water partition coefficient (Wildman–Crippen LogP) is 3.05. The molecule has 1 fully saturated rings. The third-order valence-electron chi connectivity index (χ3n) is 2.77. The van der Waals surface area contributed by atoms with Crippen LogP contribution in [-0.4, -0.2) is 29.5 Å². The molecule has 1 aliphatic rings. The van der Waals surface area contributed by atoms with E-state index in [0.717, 1.165) is 0 Å². The largest absolute Gasteiger partial charge is 0.350 e. The Bertz CT molecular complexity index is 439. The summed E-state index contributed by atoms with van der Waals surface area (Å²) in [7, 11) is 0. The van der Waals surface area contributed by atoms with E-state index in [1.165, 1.54) is 17.1 Å². The number of halogens is 1. The van der Waals surface area contributed by atoms with Crippen molar-refractivity contribution in [2.45, 2.75) is 24.0 Å². The summed E-state index contributed by atoms with van der Waals surface area (Å²) in [5.74, 6) is 2.36. The number of benzene rings is 1. The molecule has 3 N–H and O–H groups in total. The molecule has 1 aliphatic heterocycles. The molecule has 0 bridgehead atoms. The first-order valence-electron chi connectivity index (χ1n) is 6.36. The van der Waals surface area contributed by atoms with E-state index in [2.05, 4.69) is 17.4 Å². The SMILES string of the molecule is CC(C)(N)CNC(=O)c1ccc(C2SCCS2)cc1.Cl. The number of hydrogen-bond donors (Lipinski definition) is 2. The number of thioether (sulfide) groups is 2. The molecule has 1 saturated heterocycles. The third kappa shape index (κ3) is 5.20. The van der Waals surface area contributed by atoms with Gasteiger partial charge in [-0.15, -0.1) is 35.9 Å². The van der Waals surface area contributed by atoms with Crippen LogP contribution in [0.4, 0.5) is 0 Å². The van der Waals surface area contributed by atoms with Gasteiger partial charge < -0.3 is 11.1 Å². The first kappa shape index (κ1) is 17.7. The molecular weight excluding hydrogens is 312 g/mol. The quantitative estimate of drug-likeness (QED) is 0.889. The number of nitrogens with one attached hydrogen (secondary N) is 1. The average molecular weight is 333 g/mol. The number of rotatable bonds is 4. The summed E-state index contributed by atoms with van der Waals surface area (Å²) in [5, 5.41) is 2.85. The Hall–Kier alpha value is -0.360. The van der Waals surface area contributed by atoms with Crippen LogP contribution in [0, 0.1) is 0 Å². The predicted molar refractivity (Wildman–Crippen MR) is 91.9 cm³/mol. The van der Waals surface area contributed by atoms with E-state index >= 15 is 0 Å². The third-order valence-corrected chi connectivity index (χ3v) is 5.88. The van der Waals surface area contributed by atoms with Gasteiger partial charge in [-0.1, -0.05) is 12.1 Å². The highest BCUT2D eigenvalue weighted by Crippen LogP contribution is 2.45. The molecule has 1 aromatic carbocycles. The fourth-order valence-electron chi connectivity index (χ4n) is 1.75. The van der Waals surface area contributed by atoms with Crippen LogP contribution in [0.3, 0.4) is 0 Å². The molecule has 20 heavy (non-hydrogen) atoms. The van der Waals surface area contributed by atoms with Gasteiger partial charge in [0.1, 0.15) is 0 Å². The smallest absolute Gasteiger partial charge is 0.251 e. The maximum atomic E-state index is 11.9. The van der Waals surface area contributed by atoms with Crippen molar-refractivity contribution >= 4 is 41.8 Å². The van der Waals surface area contributed by atoms with E-state index in [1.807, 2.05) is 49.5 Å². The van der Waals surface area contributed by atoms with Gasteiger partial charge in [-0.05, 0) is 31.5 Å². The fourth-order valence-corrected chi connectivity index (χ4v) is 4.61. The highest BCUT2D eigenvalue weighted by atomic mass is 35.5. The van der Waals surface area contributed by atoms with E-state index in [4.69, 9.17) is 5.73 Å². The standard InChI is InChI=1S/C14H20N2OS2.ClH/c1-14(2,15)9-16-12(17)10-3-5-11(6-4-10)13-18-7-8-19-13;/h3-6,13H,7-9,15H2,1-2H3,(H,16,17);1H. The van der Waals surface area contributed by atoms with Crippen LogP contribution in [0.15, 0.2) is 24.3 Å². The Labute approximate surface area is 135 Å². The second-order valence-corrected chi connectivity index (χ2v) is 8.09. The maximum Gasteiger partial charge on any atom is 0.251 e. The van der Waals surface area contributed by atoms with Crippen LogP contribution in [0.2, 0.25) is 0 Å². The van der Waals surface area contributed by atoms with Gasteiger partial charge >= 0.3 is 0 Å². The van der Waals surface area contributed by atoms with E-state index < -0.39 is 0 Å². The summed E-state index contributed by atoms with van der Waals surface area (Å²) < 4.78 is 0.528. The Morgan fingerprint density at radius 2 is 1.85 bits per heavy atom. The van der Waals surface area contributed by atoms with Crippen molar-refractivity contribution in [2.24, 2.45) is 5.73 Å². The van der Waals surface area contributed by atoms with Crippen LogP contribution in [-0.2, 0) is 0 Å². The van der Waals surface area contributed by atoms with E-state index in [0.29, 0.717) is 16.7 Å². The summed E-state index contributed by atoms with van der Waals surface area (Å²) in [6.07, 6.45) is 0. The average Bonchev–Trinajstić information content (AvgIpc) is 2.89. The summed E-state index contributed by atoms with van der Waals surface area (Å²) in [6, 6.07) is 7.90. The van der Waals surface area contributed by atoms with Crippen molar-refractivity contribution < 1.29 is 4.79 Å². The molecule has 0 unspecified atom stereocenters. The van der Waals surface area contributed by atoms with Crippen molar-refractivity contribution in [3.05, 3.63) is 35.4 Å². The molecular formula is C14H21ClN2OS2. The lowest BCUT2D eigenvalue weighted by Crippen LogP contribution is -2.45. The van der Waals surface area contributed by atoms with Gasteiger partial charge in [0, 0.05) is 29.2 Å². The van der Waals surface area contributed by atoms with Crippen LogP contribution in [0.1, 0.15) is 34.4 Å². The fraction of sp³-hybridized carbons (Fsp3) is 0.500. The first-order valence-corrected chi connectivity index (χ1v) is 8.46. The van der Waals surface area contributed by atoms with Gasteiger partial charge in [0.2, 0.25) is 0 Å². The molecule has 1 amide bonds. The first-order chi connectivity index (χ1) is 8.96. The molecule has 2 rings (SSSR count). The van der Waals surface area contributed by atoms with Gasteiger partial charge in [-0.2, -0.15) is 0 Å². The maximum absolute atomic E-state index is 11.9.